The number of esters is 2. The van der Waals surface area contributed by atoms with E-state index in [0.717, 1.165) is 17.6 Å². The first-order chi connectivity index (χ1) is 20.2. The smallest absolute Gasteiger partial charge is 0.351 e. The first kappa shape index (κ1) is 27.0. The van der Waals surface area contributed by atoms with E-state index in [2.05, 4.69) is 4.98 Å². The molecule has 1 aliphatic rings. The van der Waals surface area contributed by atoms with Crippen molar-refractivity contribution in [2.75, 3.05) is 12.3 Å². The number of aromatic nitrogens is 2. The molecule has 0 spiro atoms. The summed E-state index contributed by atoms with van der Waals surface area (Å²) in [6, 6.07) is 25.1. The highest BCUT2D eigenvalue weighted by atomic mass is 19.3. The lowest BCUT2D eigenvalue weighted by atomic mass is 10.0. The van der Waals surface area contributed by atoms with Crippen LogP contribution >= 0.6 is 0 Å². The minimum absolute atomic E-state index is 0.0603. The Balaban J connectivity index is 1.32. The van der Waals surface area contributed by atoms with E-state index >= 15 is 8.78 Å². The second-order valence-corrected chi connectivity index (χ2v) is 9.72. The van der Waals surface area contributed by atoms with E-state index in [1.165, 1.54) is 6.07 Å². The average molecular weight is 572 g/mol. The molecule has 9 nitrogen and oxygen atoms in total. The molecule has 1 aromatic heterocycles. The molecular formula is C31H23F2N3O6. The molecular weight excluding hydrogens is 548 g/mol. The largest absolute Gasteiger partial charge is 0.459 e. The molecule has 0 bridgehead atoms. The van der Waals surface area contributed by atoms with Crippen LogP contribution in [0, 0.1) is 0 Å². The van der Waals surface area contributed by atoms with Gasteiger partial charge < -0.3 is 19.9 Å². The Bertz CT molecular complexity index is 1880. The maximum absolute atomic E-state index is 16.0. The first-order valence-corrected chi connectivity index (χ1v) is 13.0. The molecule has 42 heavy (non-hydrogen) atoms. The molecule has 3 atom stereocenters. The number of carbonyl (C=O) groups excluding carboxylic acids is 2. The van der Waals surface area contributed by atoms with Crippen molar-refractivity contribution in [1.82, 2.24) is 9.55 Å². The second-order valence-electron chi connectivity index (χ2n) is 9.72. The van der Waals surface area contributed by atoms with E-state index in [0.29, 0.717) is 20.7 Å². The van der Waals surface area contributed by atoms with Gasteiger partial charge in [-0.3, -0.25) is 4.57 Å². The van der Waals surface area contributed by atoms with Crippen LogP contribution in [0.2, 0.25) is 0 Å². The van der Waals surface area contributed by atoms with Crippen LogP contribution in [0.15, 0.2) is 102 Å². The fraction of sp³-hybridized carbons (Fsp3) is 0.161. The number of benzene rings is 4. The highest BCUT2D eigenvalue weighted by Crippen LogP contribution is 2.44. The first-order valence-electron chi connectivity index (χ1n) is 13.0. The average Bonchev–Trinajstić information content (AvgIpc) is 3.23. The number of ether oxygens (including phenoxy) is 3. The van der Waals surface area contributed by atoms with E-state index in [1.807, 2.05) is 18.2 Å². The van der Waals surface area contributed by atoms with Crippen molar-refractivity contribution in [2.24, 2.45) is 0 Å². The molecule has 6 rings (SSSR count). The lowest BCUT2D eigenvalue weighted by Gasteiger charge is -2.24. The van der Waals surface area contributed by atoms with Crippen LogP contribution in [-0.2, 0) is 14.2 Å². The normalized spacial score (nSPS) is 19.5. The summed E-state index contributed by atoms with van der Waals surface area (Å²) in [4.78, 5) is 42.3. The van der Waals surface area contributed by atoms with Crippen LogP contribution in [0.3, 0.4) is 0 Å². The summed E-state index contributed by atoms with van der Waals surface area (Å²) in [6.07, 6.45) is -5.06. The highest BCUT2D eigenvalue weighted by Gasteiger charge is 2.63. The predicted molar refractivity (Wildman–Crippen MR) is 149 cm³/mol. The van der Waals surface area contributed by atoms with E-state index in [-0.39, 0.29) is 16.9 Å². The molecule has 212 valence electrons. The highest BCUT2D eigenvalue weighted by molar-refractivity contribution is 6.05. The molecule has 1 saturated heterocycles. The van der Waals surface area contributed by atoms with E-state index in [1.54, 1.807) is 60.7 Å². The minimum atomic E-state index is -3.93. The number of halogens is 2. The maximum atomic E-state index is 16.0. The third-order valence-corrected chi connectivity index (χ3v) is 7.09. The van der Waals surface area contributed by atoms with Crippen molar-refractivity contribution in [3.63, 3.8) is 0 Å². The summed E-state index contributed by atoms with van der Waals surface area (Å²) in [5.41, 5.74) is 4.71. The van der Waals surface area contributed by atoms with Gasteiger partial charge in [-0.25, -0.2) is 14.4 Å². The molecule has 2 heterocycles. The molecule has 11 heteroatoms. The van der Waals surface area contributed by atoms with Gasteiger partial charge in [0.1, 0.15) is 18.5 Å². The Hall–Kier alpha value is -5.16. The van der Waals surface area contributed by atoms with Crippen LogP contribution < -0.4 is 11.4 Å². The van der Waals surface area contributed by atoms with Crippen molar-refractivity contribution in [3.05, 3.63) is 119 Å². The molecule has 2 N–H and O–H groups in total. The number of nitrogens with zero attached hydrogens (tertiary/aromatic N) is 2. The molecule has 4 aromatic carbocycles. The maximum Gasteiger partial charge on any atom is 0.351 e. The number of fused-ring (bicyclic) bond motifs is 2. The molecule has 1 aliphatic heterocycles. The lowest BCUT2D eigenvalue weighted by molar-refractivity contribution is -0.142. The summed E-state index contributed by atoms with van der Waals surface area (Å²) in [5.74, 6) is -5.92. The van der Waals surface area contributed by atoms with Crippen molar-refractivity contribution in [2.45, 2.75) is 24.4 Å². The van der Waals surface area contributed by atoms with Crippen molar-refractivity contribution >= 4 is 39.3 Å². The Labute approximate surface area is 237 Å². The Morgan fingerprint density at radius 1 is 0.857 bits per heavy atom. The van der Waals surface area contributed by atoms with Gasteiger partial charge in [-0.05, 0) is 39.7 Å². The number of hydrogen-bond donors (Lipinski definition) is 1. The van der Waals surface area contributed by atoms with Gasteiger partial charge in [0.2, 0.25) is 6.23 Å². The molecule has 1 unspecified atom stereocenters. The lowest BCUT2D eigenvalue weighted by Crippen LogP contribution is -2.44. The summed E-state index contributed by atoms with van der Waals surface area (Å²) in [5, 5.41) is 2.60. The van der Waals surface area contributed by atoms with Gasteiger partial charge in [-0.15, -0.1) is 0 Å². The molecule has 0 amide bonds. The van der Waals surface area contributed by atoms with Crippen LogP contribution in [0.25, 0.3) is 21.5 Å². The fourth-order valence-corrected chi connectivity index (χ4v) is 5.07. The third kappa shape index (κ3) is 4.83. The van der Waals surface area contributed by atoms with Crippen LogP contribution in [0.5, 0.6) is 0 Å². The number of hydrogen-bond acceptors (Lipinski definition) is 8. The Morgan fingerprint density at radius 2 is 1.43 bits per heavy atom. The number of nitrogen functional groups attached to an aromatic ring is 1. The number of rotatable bonds is 6. The fourth-order valence-electron chi connectivity index (χ4n) is 5.07. The van der Waals surface area contributed by atoms with Crippen molar-refractivity contribution in [1.29, 1.82) is 0 Å². The number of nitrogens with two attached hydrogens (primary N) is 1. The van der Waals surface area contributed by atoms with E-state index in [9.17, 15) is 14.4 Å². The third-order valence-electron chi connectivity index (χ3n) is 7.09. The quantitative estimate of drug-likeness (QED) is 0.290. The molecule has 0 saturated carbocycles. The Morgan fingerprint density at radius 3 is 2.05 bits per heavy atom. The van der Waals surface area contributed by atoms with Gasteiger partial charge in [0.15, 0.2) is 6.10 Å². The molecule has 5 aromatic rings. The second kappa shape index (κ2) is 10.7. The van der Waals surface area contributed by atoms with Gasteiger partial charge in [-0.2, -0.15) is 13.8 Å². The van der Waals surface area contributed by atoms with Crippen LogP contribution in [0.1, 0.15) is 26.9 Å². The van der Waals surface area contributed by atoms with Gasteiger partial charge in [-0.1, -0.05) is 72.8 Å². The number of alkyl halides is 2. The van der Waals surface area contributed by atoms with E-state index in [4.69, 9.17) is 19.9 Å². The van der Waals surface area contributed by atoms with Gasteiger partial charge in [0.25, 0.3) is 0 Å². The van der Waals surface area contributed by atoms with Crippen molar-refractivity contribution in [3.8, 4) is 0 Å². The topological polar surface area (TPSA) is 123 Å². The summed E-state index contributed by atoms with van der Waals surface area (Å²) >= 11 is 0. The standard InChI is InChI=1S/C31H23F2N3O6/c32-31(33)26(42-28(38)23-14-6-10-19-8-2-4-12-21(19)23)24(41-29(31)36-16-15-25(34)35-30(36)39)17-40-27(37)22-13-5-9-18-7-1-3-11-20(18)22/h1-16,24,26,29H,17H2,(H2,34,35,39)/t24-,26?,29-/m1/s1. The zero-order valence-electron chi connectivity index (χ0n) is 21.9. The van der Waals surface area contributed by atoms with Crippen LogP contribution in [0.4, 0.5) is 14.6 Å². The van der Waals surface area contributed by atoms with Crippen LogP contribution in [-0.4, -0.2) is 46.2 Å². The minimum Gasteiger partial charge on any atom is -0.459 e. The SMILES string of the molecule is Nc1ccn([C@@H]2O[C@H](COC(=O)c3cccc4ccccc34)C(OC(=O)c3cccc4ccccc34)C2(F)F)c(=O)n1. The molecule has 1 fully saturated rings. The van der Waals surface area contributed by atoms with Crippen molar-refractivity contribution < 1.29 is 32.6 Å². The molecule has 0 aliphatic carbocycles. The zero-order chi connectivity index (χ0) is 29.4. The zero-order valence-corrected chi connectivity index (χ0v) is 21.9. The monoisotopic (exact) mass is 571 g/mol. The predicted octanol–water partition coefficient (Wildman–Crippen LogP) is 4.75. The number of carbonyl (C=O) groups is 2. The van der Waals surface area contributed by atoms with Gasteiger partial charge in [0.05, 0.1) is 11.1 Å². The summed E-state index contributed by atoms with van der Waals surface area (Å²) in [7, 11) is 0. The Kier molecular flexibility index (Phi) is 6.87. The van der Waals surface area contributed by atoms with Gasteiger partial charge in [0, 0.05) is 6.20 Å². The molecule has 0 radical (unpaired) electrons. The van der Waals surface area contributed by atoms with Gasteiger partial charge >= 0.3 is 23.6 Å². The summed E-state index contributed by atoms with van der Waals surface area (Å²) in [6.45, 7) is -0.696. The number of anilines is 1. The van der Waals surface area contributed by atoms with E-state index < -0.39 is 48.6 Å². The summed E-state index contributed by atoms with van der Waals surface area (Å²) < 4.78 is 48.9.